The average Bonchev–Trinajstić information content (AvgIpc) is 2.35. The van der Waals surface area contributed by atoms with E-state index >= 15 is 0 Å². The summed E-state index contributed by atoms with van der Waals surface area (Å²) in [6.45, 7) is 7.10. The van der Waals surface area contributed by atoms with Crippen LogP contribution < -0.4 is 10.6 Å². The van der Waals surface area contributed by atoms with Gasteiger partial charge in [0.15, 0.2) is 0 Å². The van der Waals surface area contributed by atoms with E-state index < -0.39 is 5.97 Å². The van der Waals surface area contributed by atoms with E-state index in [-0.39, 0.29) is 12.6 Å². The van der Waals surface area contributed by atoms with Crippen LogP contribution in [0.3, 0.4) is 0 Å². The summed E-state index contributed by atoms with van der Waals surface area (Å²) in [6, 6.07) is -0.310. The van der Waals surface area contributed by atoms with Crippen LogP contribution in [0, 0.1) is 5.92 Å². The molecule has 0 bridgehead atoms. The minimum atomic E-state index is -0.411. The van der Waals surface area contributed by atoms with Gasteiger partial charge in [-0.15, -0.1) is 0 Å². The fraction of sp³-hybridized carbons (Fsp3) is 0.857. The minimum absolute atomic E-state index is 0.0753. The van der Waals surface area contributed by atoms with E-state index in [1.165, 1.54) is 19.3 Å². The Morgan fingerprint density at radius 2 is 1.74 bits per heavy atom. The molecule has 0 saturated heterocycles. The smallest absolute Gasteiger partial charge is 0.325 e. The summed E-state index contributed by atoms with van der Waals surface area (Å²) in [4.78, 5) is 22.3. The number of rotatable bonds is 10. The highest BCUT2D eigenvalue weighted by Crippen LogP contribution is 2.08. The van der Waals surface area contributed by atoms with Crippen molar-refractivity contribution in [2.45, 2.75) is 52.9 Å². The second kappa shape index (κ2) is 11.8. The molecule has 112 valence electrons. The Labute approximate surface area is 116 Å². The zero-order chi connectivity index (χ0) is 14.5. The molecular formula is C14H28N2O3. The number of carbonyl (C=O) groups is 2. The van der Waals surface area contributed by atoms with Crippen LogP contribution in [0.1, 0.15) is 52.9 Å². The lowest BCUT2D eigenvalue weighted by molar-refractivity contribution is -0.141. The SMILES string of the molecule is CCOC(=O)CNC(=O)NCCCCCCC(C)C. The third kappa shape index (κ3) is 13.0. The van der Waals surface area contributed by atoms with Gasteiger partial charge >= 0.3 is 12.0 Å². The van der Waals surface area contributed by atoms with Gasteiger partial charge < -0.3 is 15.4 Å². The van der Waals surface area contributed by atoms with E-state index in [1.807, 2.05) is 0 Å². The van der Waals surface area contributed by atoms with Crippen LogP contribution in [0.25, 0.3) is 0 Å². The predicted molar refractivity (Wildman–Crippen MR) is 76.0 cm³/mol. The van der Waals surface area contributed by atoms with Gasteiger partial charge in [-0.3, -0.25) is 4.79 Å². The van der Waals surface area contributed by atoms with E-state index in [1.54, 1.807) is 6.92 Å². The third-order valence-electron chi connectivity index (χ3n) is 2.69. The van der Waals surface area contributed by atoms with Gasteiger partial charge in [-0.2, -0.15) is 0 Å². The zero-order valence-electron chi connectivity index (χ0n) is 12.5. The Morgan fingerprint density at radius 1 is 1.05 bits per heavy atom. The molecule has 0 heterocycles. The van der Waals surface area contributed by atoms with E-state index in [0.717, 1.165) is 18.8 Å². The first-order valence-corrected chi connectivity index (χ1v) is 7.23. The number of carbonyl (C=O) groups excluding carboxylic acids is 2. The van der Waals surface area contributed by atoms with E-state index in [4.69, 9.17) is 4.74 Å². The summed E-state index contributed by atoms with van der Waals surface area (Å²) in [7, 11) is 0. The Morgan fingerprint density at radius 3 is 2.37 bits per heavy atom. The molecule has 0 aliphatic carbocycles. The molecule has 19 heavy (non-hydrogen) atoms. The van der Waals surface area contributed by atoms with Gasteiger partial charge in [0.2, 0.25) is 0 Å². The lowest BCUT2D eigenvalue weighted by Gasteiger charge is -2.07. The summed E-state index contributed by atoms with van der Waals surface area (Å²) in [5.41, 5.74) is 0. The monoisotopic (exact) mass is 272 g/mol. The van der Waals surface area contributed by atoms with Crippen molar-refractivity contribution in [3.63, 3.8) is 0 Å². The maximum Gasteiger partial charge on any atom is 0.325 e. The molecule has 0 radical (unpaired) electrons. The van der Waals surface area contributed by atoms with Crippen molar-refractivity contribution in [1.82, 2.24) is 10.6 Å². The number of hydrogen-bond donors (Lipinski definition) is 2. The van der Waals surface area contributed by atoms with Crippen molar-refractivity contribution < 1.29 is 14.3 Å². The van der Waals surface area contributed by atoms with E-state index in [0.29, 0.717) is 13.2 Å². The summed E-state index contributed by atoms with van der Waals surface area (Å²) in [5, 5.41) is 5.18. The molecule has 0 spiro atoms. The van der Waals surface area contributed by atoms with Gasteiger partial charge in [0, 0.05) is 6.54 Å². The predicted octanol–water partition coefficient (Wildman–Crippen LogP) is 2.46. The van der Waals surface area contributed by atoms with Crippen molar-refractivity contribution in [3.05, 3.63) is 0 Å². The fourth-order valence-electron chi connectivity index (χ4n) is 1.66. The number of unbranched alkanes of at least 4 members (excludes halogenated alkanes) is 3. The molecule has 0 saturated carbocycles. The van der Waals surface area contributed by atoms with Gasteiger partial charge in [-0.25, -0.2) is 4.79 Å². The number of ether oxygens (including phenoxy) is 1. The molecule has 0 fully saturated rings. The molecule has 5 heteroatoms. The molecule has 2 amide bonds. The van der Waals surface area contributed by atoms with E-state index in [2.05, 4.69) is 24.5 Å². The molecule has 0 aliphatic rings. The highest BCUT2D eigenvalue weighted by atomic mass is 16.5. The largest absolute Gasteiger partial charge is 0.465 e. The third-order valence-corrected chi connectivity index (χ3v) is 2.69. The number of nitrogens with one attached hydrogen (secondary N) is 2. The average molecular weight is 272 g/mol. The lowest BCUT2D eigenvalue weighted by Crippen LogP contribution is -2.39. The number of amides is 2. The second-order valence-electron chi connectivity index (χ2n) is 5.01. The van der Waals surface area contributed by atoms with Crippen LogP contribution >= 0.6 is 0 Å². The van der Waals surface area contributed by atoms with Gasteiger partial charge in [0.05, 0.1) is 6.61 Å². The Kier molecular flexibility index (Phi) is 11.0. The standard InChI is InChI=1S/C14H28N2O3/c1-4-19-13(17)11-16-14(18)15-10-8-6-5-7-9-12(2)3/h12H,4-11H2,1-3H3,(H2,15,16,18). The summed E-state index contributed by atoms with van der Waals surface area (Å²) in [5.74, 6) is 0.359. The van der Waals surface area contributed by atoms with Crippen LogP contribution in [-0.2, 0) is 9.53 Å². The summed E-state index contributed by atoms with van der Waals surface area (Å²) in [6.07, 6.45) is 5.85. The molecule has 0 aromatic rings. The molecule has 0 aromatic heterocycles. The van der Waals surface area contributed by atoms with Crippen LogP contribution in [-0.4, -0.2) is 31.7 Å². The van der Waals surface area contributed by atoms with Crippen molar-refractivity contribution in [1.29, 1.82) is 0 Å². The first-order valence-electron chi connectivity index (χ1n) is 7.23. The molecular weight excluding hydrogens is 244 g/mol. The molecule has 0 atom stereocenters. The minimum Gasteiger partial charge on any atom is -0.465 e. The zero-order valence-corrected chi connectivity index (χ0v) is 12.5. The Bertz CT molecular complexity index is 255. The topological polar surface area (TPSA) is 67.4 Å². The van der Waals surface area contributed by atoms with Gasteiger partial charge in [0.1, 0.15) is 6.54 Å². The lowest BCUT2D eigenvalue weighted by atomic mass is 10.0. The number of urea groups is 1. The molecule has 0 unspecified atom stereocenters. The molecule has 0 rings (SSSR count). The maximum atomic E-state index is 11.3. The molecule has 0 aliphatic heterocycles. The summed E-state index contributed by atoms with van der Waals surface area (Å²) < 4.78 is 4.70. The molecule has 5 nitrogen and oxygen atoms in total. The first-order chi connectivity index (χ1) is 9.06. The van der Waals surface area contributed by atoms with Crippen molar-refractivity contribution in [2.75, 3.05) is 19.7 Å². The van der Waals surface area contributed by atoms with E-state index in [9.17, 15) is 9.59 Å². The Hall–Kier alpha value is -1.26. The van der Waals surface area contributed by atoms with Crippen molar-refractivity contribution in [2.24, 2.45) is 5.92 Å². The quantitative estimate of drug-likeness (QED) is 0.474. The first kappa shape index (κ1) is 17.7. The Balaban J connectivity index is 3.32. The van der Waals surface area contributed by atoms with Crippen molar-refractivity contribution in [3.8, 4) is 0 Å². The summed E-state index contributed by atoms with van der Waals surface area (Å²) >= 11 is 0. The highest BCUT2D eigenvalue weighted by Gasteiger charge is 2.04. The van der Waals surface area contributed by atoms with Gasteiger partial charge in [-0.05, 0) is 19.3 Å². The van der Waals surface area contributed by atoms with Crippen molar-refractivity contribution >= 4 is 12.0 Å². The van der Waals surface area contributed by atoms with Crippen LogP contribution in [0.15, 0.2) is 0 Å². The van der Waals surface area contributed by atoms with Crippen LogP contribution in [0.4, 0.5) is 4.79 Å². The molecule has 0 aromatic carbocycles. The normalized spacial score (nSPS) is 10.3. The van der Waals surface area contributed by atoms with Gasteiger partial charge in [0.25, 0.3) is 0 Å². The highest BCUT2D eigenvalue weighted by molar-refractivity contribution is 5.80. The van der Waals surface area contributed by atoms with Gasteiger partial charge in [-0.1, -0.05) is 39.5 Å². The second-order valence-corrected chi connectivity index (χ2v) is 5.01. The molecule has 2 N–H and O–H groups in total. The van der Waals surface area contributed by atoms with Crippen LogP contribution in [0.5, 0.6) is 0 Å². The fourth-order valence-corrected chi connectivity index (χ4v) is 1.66. The number of hydrogen-bond acceptors (Lipinski definition) is 3. The maximum absolute atomic E-state index is 11.3. The number of esters is 1. The van der Waals surface area contributed by atoms with Crippen LogP contribution in [0.2, 0.25) is 0 Å².